The average Bonchev–Trinajstić information content (AvgIpc) is 2.73. The molecular weight excluding hydrogens is 485 g/mol. The summed E-state index contributed by atoms with van der Waals surface area (Å²) in [5.41, 5.74) is 3.66. The van der Waals surface area contributed by atoms with Gasteiger partial charge in [0, 0.05) is 4.47 Å². The Kier molecular flexibility index (Phi) is 7.19. The first-order chi connectivity index (χ1) is 14.8. The normalized spacial score (nSPS) is 11.5. The third-order valence-electron chi connectivity index (χ3n) is 4.27. The molecule has 0 spiro atoms. The number of rotatable bonds is 7. The van der Waals surface area contributed by atoms with Crippen LogP contribution >= 0.6 is 15.9 Å². The van der Waals surface area contributed by atoms with E-state index >= 15 is 0 Å². The van der Waals surface area contributed by atoms with Crippen molar-refractivity contribution < 1.29 is 17.6 Å². The largest absolute Gasteiger partial charge is 0.271 e. The van der Waals surface area contributed by atoms with Crippen molar-refractivity contribution in [1.82, 2.24) is 5.43 Å². The van der Waals surface area contributed by atoms with Gasteiger partial charge in [-0.25, -0.2) is 18.2 Å². The zero-order valence-corrected chi connectivity index (χ0v) is 18.9. The Balaban J connectivity index is 1.86. The molecule has 0 bridgehead atoms. The third-order valence-corrected chi connectivity index (χ3v) is 6.54. The number of hydrogen-bond donors (Lipinski definition) is 1. The quantitative estimate of drug-likeness (QED) is 0.386. The maximum atomic E-state index is 14.4. The monoisotopic (exact) mass is 503 g/mol. The van der Waals surface area contributed by atoms with Gasteiger partial charge in [-0.2, -0.15) is 5.10 Å². The fourth-order valence-electron chi connectivity index (χ4n) is 2.72. The molecule has 0 radical (unpaired) electrons. The van der Waals surface area contributed by atoms with Crippen molar-refractivity contribution in [1.29, 1.82) is 0 Å². The fraction of sp³-hybridized carbons (Fsp3) is 0.0909. The zero-order chi connectivity index (χ0) is 22.4. The Bertz CT molecular complexity index is 1210. The van der Waals surface area contributed by atoms with Gasteiger partial charge in [-0.05, 0) is 48.9 Å². The molecule has 3 aromatic carbocycles. The van der Waals surface area contributed by atoms with Crippen molar-refractivity contribution in [3.05, 3.63) is 94.2 Å². The molecule has 1 amide bonds. The lowest BCUT2D eigenvalue weighted by Crippen LogP contribution is -2.40. The van der Waals surface area contributed by atoms with E-state index in [9.17, 15) is 17.6 Å². The van der Waals surface area contributed by atoms with Crippen LogP contribution in [-0.4, -0.2) is 27.1 Å². The summed E-state index contributed by atoms with van der Waals surface area (Å²) in [4.78, 5) is 12.4. The van der Waals surface area contributed by atoms with Crippen LogP contribution in [0.1, 0.15) is 11.1 Å². The molecular formula is C22H19BrFN3O3S. The van der Waals surface area contributed by atoms with Gasteiger partial charge in [-0.1, -0.05) is 57.9 Å². The number of benzene rings is 3. The minimum atomic E-state index is -4.20. The number of carbonyl (C=O) groups is 1. The fourth-order valence-corrected chi connectivity index (χ4v) is 4.57. The minimum Gasteiger partial charge on any atom is -0.271 e. The number of nitrogens with one attached hydrogen (secondary N) is 1. The number of aryl methyl sites for hydroxylation is 1. The molecule has 0 heterocycles. The summed E-state index contributed by atoms with van der Waals surface area (Å²) < 4.78 is 42.4. The van der Waals surface area contributed by atoms with Crippen molar-refractivity contribution >= 4 is 43.8 Å². The molecule has 6 nitrogen and oxygen atoms in total. The van der Waals surface area contributed by atoms with Crippen LogP contribution in [-0.2, 0) is 14.8 Å². The molecule has 0 aliphatic rings. The van der Waals surface area contributed by atoms with E-state index in [2.05, 4.69) is 26.5 Å². The lowest BCUT2D eigenvalue weighted by atomic mass is 10.2. The van der Waals surface area contributed by atoms with Crippen LogP contribution in [0.4, 0.5) is 10.1 Å². The molecule has 0 fully saturated rings. The van der Waals surface area contributed by atoms with Crippen LogP contribution in [0, 0.1) is 12.7 Å². The first-order valence-corrected chi connectivity index (χ1v) is 11.4. The summed E-state index contributed by atoms with van der Waals surface area (Å²) in [5, 5.41) is 3.86. The van der Waals surface area contributed by atoms with Crippen molar-refractivity contribution in [3.63, 3.8) is 0 Å². The molecule has 0 atom stereocenters. The number of nitrogens with zero attached hydrogens (tertiary/aromatic N) is 2. The molecule has 3 aromatic rings. The van der Waals surface area contributed by atoms with Crippen molar-refractivity contribution in [2.75, 3.05) is 10.8 Å². The Morgan fingerprint density at radius 3 is 2.48 bits per heavy atom. The average molecular weight is 504 g/mol. The molecule has 9 heteroatoms. The highest BCUT2D eigenvalue weighted by molar-refractivity contribution is 9.10. The van der Waals surface area contributed by atoms with Crippen molar-refractivity contribution in [2.45, 2.75) is 11.8 Å². The Labute approximate surface area is 188 Å². The van der Waals surface area contributed by atoms with E-state index in [1.807, 2.05) is 13.0 Å². The van der Waals surface area contributed by atoms with E-state index in [0.717, 1.165) is 26.0 Å². The van der Waals surface area contributed by atoms with E-state index in [1.54, 1.807) is 30.3 Å². The van der Waals surface area contributed by atoms with Gasteiger partial charge in [0.15, 0.2) is 0 Å². The van der Waals surface area contributed by atoms with Gasteiger partial charge >= 0.3 is 0 Å². The molecule has 160 valence electrons. The summed E-state index contributed by atoms with van der Waals surface area (Å²) in [6.45, 7) is 1.18. The highest BCUT2D eigenvalue weighted by Gasteiger charge is 2.29. The van der Waals surface area contributed by atoms with Crippen molar-refractivity contribution in [3.8, 4) is 0 Å². The molecule has 0 aliphatic carbocycles. The first kappa shape index (κ1) is 22.6. The first-order valence-electron chi connectivity index (χ1n) is 9.19. The summed E-state index contributed by atoms with van der Waals surface area (Å²) in [6.07, 6.45) is 1.42. The van der Waals surface area contributed by atoms with Gasteiger partial charge in [0.1, 0.15) is 12.4 Å². The van der Waals surface area contributed by atoms with Crippen LogP contribution in [0.2, 0.25) is 0 Å². The highest BCUT2D eigenvalue weighted by atomic mass is 79.9. The van der Waals surface area contributed by atoms with Crippen molar-refractivity contribution in [2.24, 2.45) is 5.10 Å². The van der Waals surface area contributed by atoms with Crippen LogP contribution in [0.5, 0.6) is 0 Å². The predicted octanol–water partition coefficient (Wildman–Crippen LogP) is 4.24. The molecule has 0 unspecified atom stereocenters. The second kappa shape index (κ2) is 9.84. The van der Waals surface area contributed by atoms with E-state index < -0.39 is 28.3 Å². The van der Waals surface area contributed by atoms with Gasteiger partial charge < -0.3 is 0 Å². The smallest absolute Gasteiger partial charge is 0.264 e. The predicted molar refractivity (Wildman–Crippen MR) is 122 cm³/mol. The number of anilines is 1. The lowest BCUT2D eigenvalue weighted by molar-refractivity contribution is -0.119. The molecule has 0 aliphatic heterocycles. The molecule has 0 saturated carbocycles. The van der Waals surface area contributed by atoms with Crippen LogP contribution in [0.25, 0.3) is 0 Å². The molecule has 0 aromatic heterocycles. The topological polar surface area (TPSA) is 78.8 Å². The Morgan fingerprint density at radius 1 is 1.10 bits per heavy atom. The molecule has 3 rings (SSSR count). The van der Waals surface area contributed by atoms with Crippen LogP contribution in [0.15, 0.2) is 87.3 Å². The van der Waals surface area contributed by atoms with Gasteiger partial charge in [-0.3, -0.25) is 9.10 Å². The summed E-state index contributed by atoms with van der Waals surface area (Å²) in [7, 11) is -4.20. The number of hydrogen-bond acceptors (Lipinski definition) is 4. The van der Waals surface area contributed by atoms with Crippen LogP contribution in [0.3, 0.4) is 0 Å². The maximum absolute atomic E-state index is 14.4. The summed E-state index contributed by atoms with van der Waals surface area (Å²) in [5.74, 6) is -1.48. The molecule has 0 saturated heterocycles. The van der Waals surface area contributed by atoms with E-state index in [1.165, 1.54) is 36.5 Å². The Morgan fingerprint density at radius 2 is 1.81 bits per heavy atom. The van der Waals surface area contributed by atoms with Gasteiger partial charge in [0.25, 0.3) is 15.9 Å². The second-order valence-electron chi connectivity index (χ2n) is 6.62. The van der Waals surface area contributed by atoms with Gasteiger partial charge in [-0.15, -0.1) is 0 Å². The van der Waals surface area contributed by atoms with E-state index in [-0.39, 0.29) is 10.6 Å². The molecule has 31 heavy (non-hydrogen) atoms. The number of para-hydroxylation sites is 1. The standard InChI is InChI=1S/C22H19BrFN3O3S/c1-16-9-11-19(12-10-16)31(29,30)27(21-8-3-2-7-20(21)24)15-22(28)26-25-14-17-5-4-6-18(23)13-17/h2-14H,15H2,1H3,(H,26,28)/b25-14-. The zero-order valence-electron chi connectivity index (χ0n) is 16.5. The van der Waals surface area contributed by atoms with Gasteiger partial charge in [0.05, 0.1) is 16.8 Å². The lowest BCUT2D eigenvalue weighted by Gasteiger charge is -2.24. The minimum absolute atomic E-state index is 0.0493. The Hall–Kier alpha value is -3.04. The summed E-state index contributed by atoms with van der Waals surface area (Å²) >= 11 is 3.34. The number of sulfonamides is 1. The number of amides is 1. The SMILES string of the molecule is Cc1ccc(S(=O)(=O)N(CC(=O)N/N=C\c2cccc(Br)c2)c2ccccc2F)cc1. The molecule has 1 N–H and O–H groups in total. The second-order valence-corrected chi connectivity index (χ2v) is 9.40. The highest BCUT2D eigenvalue weighted by Crippen LogP contribution is 2.26. The van der Waals surface area contributed by atoms with Crippen LogP contribution < -0.4 is 9.73 Å². The van der Waals surface area contributed by atoms with E-state index in [0.29, 0.717) is 0 Å². The summed E-state index contributed by atoms with van der Waals surface area (Å²) in [6, 6.07) is 18.7. The number of carbonyl (C=O) groups excluding carboxylic acids is 1. The van der Waals surface area contributed by atoms with E-state index in [4.69, 9.17) is 0 Å². The maximum Gasteiger partial charge on any atom is 0.264 e. The number of hydrazone groups is 1. The van der Waals surface area contributed by atoms with Gasteiger partial charge in [0.2, 0.25) is 0 Å². The number of halogens is 2. The third kappa shape index (κ3) is 5.77.